The molecule has 0 saturated carbocycles. The third-order valence-electron chi connectivity index (χ3n) is 2.72. The maximum absolute atomic E-state index is 10.9. The summed E-state index contributed by atoms with van der Waals surface area (Å²) in [7, 11) is 0. The van der Waals surface area contributed by atoms with E-state index in [1.807, 2.05) is 30.3 Å². The first-order chi connectivity index (χ1) is 9.63. The molecule has 0 aliphatic heterocycles. The minimum atomic E-state index is -1.17. The third kappa shape index (κ3) is 2.35. The zero-order chi connectivity index (χ0) is 14.1. The fourth-order valence-corrected chi connectivity index (χ4v) is 2.18. The van der Waals surface area contributed by atoms with Crippen molar-refractivity contribution in [2.75, 3.05) is 0 Å². The van der Waals surface area contributed by atoms with Crippen molar-refractivity contribution in [3.05, 3.63) is 46.6 Å². The SMILES string of the molecule is O=C(O)c1[nH]nnc1Oc1ccc2cc(Br)ccc2c1. The Hall–Kier alpha value is -2.41. The molecule has 1 aromatic heterocycles. The number of carbonyl (C=O) groups is 1. The zero-order valence-electron chi connectivity index (χ0n) is 10.0. The van der Waals surface area contributed by atoms with E-state index in [1.165, 1.54) is 0 Å². The van der Waals surface area contributed by atoms with Gasteiger partial charge in [-0.25, -0.2) is 9.89 Å². The average Bonchev–Trinajstić information content (AvgIpc) is 2.87. The molecule has 6 nitrogen and oxygen atoms in total. The van der Waals surface area contributed by atoms with Crippen molar-refractivity contribution in [1.82, 2.24) is 15.4 Å². The summed E-state index contributed by atoms with van der Waals surface area (Å²) in [6, 6.07) is 11.3. The van der Waals surface area contributed by atoms with Gasteiger partial charge in [-0.15, -0.1) is 0 Å². The first-order valence-corrected chi connectivity index (χ1v) is 6.44. The maximum atomic E-state index is 10.9. The molecular formula is C13H8BrN3O3. The molecule has 20 heavy (non-hydrogen) atoms. The molecule has 100 valence electrons. The predicted octanol–water partition coefficient (Wildman–Crippen LogP) is 3.21. The van der Waals surface area contributed by atoms with E-state index < -0.39 is 5.97 Å². The fourth-order valence-electron chi connectivity index (χ4n) is 1.80. The van der Waals surface area contributed by atoms with Gasteiger partial charge in [0.1, 0.15) is 5.75 Å². The minimum Gasteiger partial charge on any atom is -0.476 e. The van der Waals surface area contributed by atoms with E-state index in [1.54, 1.807) is 6.07 Å². The van der Waals surface area contributed by atoms with Crippen LogP contribution in [0, 0.1) is 0 Å². The molecule has 3 aromatic rings. The third-order valence-corrected chi connectivity index (χ3v) is 3.21. The number of aromatic amines is 1. The van der Waals surface area contributed by atoms with Crippen LogP contribution in [0.15, 0.2) is 40.9 Å². The largest absolute Gasteiger partial charge is 0.476 e. The number of H-pyrrole nitrogens is 1. The Labute approximate surface area is 121 Å². The summed E-state index contributed by atoms with van der Waals surface area (Å²) in [6.45, 7) is 0. The smallest absolute Gasteiger partial charge is 0.359 e. The van der Waals surface area contributed by atoms with Crippen LogP contribution >= 0.6 is 15.9 Å². The highest BCUT2D eigenvalue weighted by Gasteiger charge is 2.16. The van der Waals surface area contributed by atoms with Gasteiger partial charge in [0.2, 0.25) is 5.69 Å². The number of hydrogen-bond acceptors (Lipinski definition) is 4. The number of benzene rings is 2. The number of carboxylic acid groups (broad SMARTS) is 1. The molecular weight excluding hydrogens is 326 g/mol. The number of aromatic nitrogens is 3. The summed E-state index contributed by atoms with van der Waals surface area (Å²) < 4.78 is 6.44. The highest BCUT2D eigenvalue weighted by molar-refractivity contribution is 9.10. The van der Waals surface area contributed by atoms with E-state index in [-0.39, 0.29) is 11.6 Å². The van der Waals surface area contributed by atoms with Gasteiger partial charge in [-0.3, -0.25) is 0 Å². The molecule has 0 radical (unpaired) electrons. The molecule has 0 fully saturated rings. The number of fused-ring (bicyclic) bond motifs is 1. The molecule has 0 amide bonds. The number of nitrogens with zero attached hydrogens (tertiary/aromatic N) is 2. The van der Waals surface area contributed by atoms with Crippen molar-refractivity contribution < 1.29 is 14.6 Å². The van der Waals surface area contributed by atoms with Crippen molar-refractivity contribution in [2.45, 2.75) is 0 Å². The van der Waals surface area contributed by atoms with Gasteiger partial charge >= 0.3 is 5.97 Å². The van der Waals surface area contributed by atoms with Crippen molar-refractivity contribution in [3.8, 4) is 11.6 Å². The highest BCUT2D eigenvalue weighted by Crippen LogP contribution is 2.27. The topological polar surface area (TPSA) is 88.1 Å². The Morgan fingerprint density at radius 2 is 1.95 bits per heavy atom. The van der Waals surface area contributed by atoms with Gasteiger partial charge in [0.05, 0.1) is 0 Å². The van der Waals surface area contributed by atoms with Crippen LogP contribution in [-0.2, 0) is 0 Å². The van der Waals surface area contributed by atoms with Crippen molar-refractivity contribution >= 4 is 32.7 Å². The van der Waals surface area contributed by atoms with Gasteiger partial charge in [0.15, 0.2) is 0 Å². The van der Waals surface area contributed by atoms with Crippen molar-refractivity contribution in [3.63, 3.8) is 0 Å². The number of hydrogen-bond donors (Lipinski definition) is 2. The lowest BCUT2D eigenvalue weighted by molar-refractivity contribution is 0.0687. The molecule has 1 heterocycles. The molecule has 2 aromatic carbocycles. The Kier molecular flexibility index (Phi) is 3.11. The molecule has 0 bridgehead atoms. The molecule has 0 atom stereocenters. The minimum absolute atomic E-state index is 0.0611. The highest BCUT2D eigenvalue weighted by atomic mass is 79.9. The normalized spacial score (nSPS) is 10.7. The van der Waals surface area contributed by atoms with Gasteiger partial charge in [0, 0.05) is 4.47 Å². The predicted molar refractivity (Wildman–Crippen MR) is 75.1 cm³/mol. The first-order valence-electron chi connectivity index (χ1n) is 5.65. The standard InChI is InChI=1S/C13H8BrN3O3/c14-9-3-1-8-6-10(4-2-7(8)5-9)20-12-11(13(18)19)15-17-16-12/h1-6H,(H,18,19)(H,15,16,17). The van der Waals surface area contributed by atoms with Crippen molar-refractivity contribution in [1.29, 1.82) is 0 Å². The van der Waals surface area contributed by atoms with Crippen molar-refractivity contribution in [2.24, 2.45) is 0 Å². The fraction of sp³-hybridized carbons (Fsp3) is 0. The Morgan fingerprint density at radius 1 is 1.20 bits per heavy atom. The van der Waals surface area contributed by atoms with E-state index in [4.69, 9.17) is 9.84 Å². The van der Waals surface area contributed by atoms with Crippen LogP contribution in [0.4, 0.5) is 0 Å². The number of aromatic carboxylic acids is 1. The molecule has 0 spiro atoms. The van der Waals surface area contributed by atoms with Gasteiger partial charge < -0.3 is 9.84 Å². The molecule has 7 heteroatoms. The molecule has 0 aliphatic carbocycles. The van der Waals surface area contributed by atoms with Gasteiger partial charge in [-0.1, -0.05) is 38.4 Å². The zero-order valence-corrected chi connectivity index (χ0v) is 11.6. The average molecular weight is 334 g/mol. The summed E-state index contributed by atoms with van der Waals surface area (Å²) in [4.78, 5) is 10.9. The number of carboxylic acids is 1. The van der Waals surface area contributed by atoms with Crippen LogP contribution in [-0.4, -0.2) is 26.5 Å². The van der Waals surface area contributed by atoms with Gasteiger partial charge in [-0.05, 0) is 35.0 Å². The van der Waals surface area contributed by atoms with E-state index in [0.717, 1.165) is 15.2 Å². The lowest BCUT2D eigenvalue weighted by Gasteiger charge is -2.05. The summed E-state index contributed by atoms with van der Waals surface area (Å²) in [6.07, 6.45) is 0. The number of ether oxygens (including phenoxy) is 1. The number of halogens is 1. The van der Waals surface area contributed by atoms with Crippen LogP contribution in [0.3, 0.4) is 0 Å². The van der Waals surface area contributed by atoms with E-state index in [9.17, 15) is 4.79 Å². The molecule has 2 N–H and O–H groups in total. The molecule has 3 rings (SSSR count). The Morgan fingerprint density at radius 3 is 2.75 bits per heavy atom. The molecule has 0 saturated heterocycles. The lowest BCUT2D eigenvalue weighted by atomic mass is 10.1. The second kappa shape index (κ2) is 4.93. The maximum Gasteiger partial charge on any atom is 0.359 e. The number of rotatable bonds is 3. The van der Waals surface area contributed by atoms with Gasteiger partial charge in [-0.2, -0.15) is 0 Å². The summed E-state index contributed by atoms with van der Waals surface area (Å²) in [5.41, 5.74) is -0.180. The van der Waals surface area contributed by atoms with Crippen LogP contribution in [0.1, 0.15) is 10.5 Å². The summed E-state index contributed by atoms with van der Waals surface area (Å²) in [5, 5.41) is 20.3. The second-order valence-electron chi connectivity index (χ2n) is 4.05. The van der Waals surface area contributed by atoms with E-state index >= 15 is 0 Å². The quantitative estimate of drug-likeness (QED) is 0.768. The second-order valence-corrected chi connectivity index (χ2v) is 4.97. The van der Waals surface area contributed by atoms with Crippen LogP contribution < -0.4 is 4.74 Å². The van der Waals surface area contributed by atoms with Gasteiger partial charge in [0.25, 0.3) is 5.88 Å². The van der Waals surface area contributed by atoms with Crippen LogP contribution in [0.5, 0.6) is 11.6 Å². The molecule has 0 aliphatic rings. The molecule has 0 unspecified atom stereocenters. The Balaban J connectivity index is 1.96. The van der Waals surface area contributed by atoms with E-state index in [0.29, 0.717) is 5.75 Å². The van der Waals surface area contributed by atoms with Crippen LogP contribution in [0.2, 0.25) is 0 Å². The number of nitrogens with one attached hydrogen (secondary N) is 1. The lowest BCUT2D eigenvalue weighted by Crippen LogP contribution is -1.99. The first kappa shape index (κ1) is 12.6. The summed E-state index contributed by atoms with van der Waals surface area (Å²) in [5.74, 6) is -0.736. The Bertz CT molecular complexity index is 800. The monoisotopic (exact) mass is 333 g/mol. The van der Waals surface area contributed by atoms with Crippen LogP contribution in [0.25, 0.3) is 10.8 Å². The summed E-state index contributed by atoms with van der Waals surface area (Å²) >= 11 is 3.41. The van der Waals surface area contributed by atoms with E-state index in [2.05, 4.69) is 31.3 Å².